The molecule has 6 heteroatoms. The number of aromatic nitrogens is 1. The molecule has 0 fully saturated rings. The molecule has 1 atom stereocenters. The number of carbonyl (C=O) groups excluding carboxylic acids is 1. The molecule has 3 rings (SSSR count). The van der Waals surface area contributed by atoms with Gasteiger partial charge in [0.1, 0.15) is 5.69 Å². The van der Waals surface area contributed by atoms with Crippen molar-refractivity contribution in [1.29, 1.82) is 0 Å². The van der Waals surface area contributed by atoms with Crippen LogP contribution in [-0.4, -0.2) is 23.7 Å². The number of hydrogen-bond acceptors (Lipinski definition) is 5. The first-order valence-electron chi connectivity index (χ1n) is 7.59. The number of fused-ring (bicyclic) bond motifs is 1. The molecule has 23 heavy (non-hydrogen) atoms. The molecule has 0 aliphatic carbocycles. The molecule has 2 heterocycles. The highest BCUT2D eigenvalue weighted by Crippen LogP contribution is 2.34. The van der Waals surface area contributed by atoms with Crippen LogP contribution in [-0.2, 0) is 0 Å². The number of nitrogens with one attached hydrogen (secondary N) is 2. The van der Waals surface area contributed by atoms with Crippen molar-refractivity contribution >= 4 is 17.3 Å². The van der Waals surface area contributed by atoms with Gasteiger partial charge >= 0.3 is 0 Å². The number of carbonyl (C=O) groups is 1. The van der Waals surface area contributed by atoms with Crippen molar-refractivity contribution in [3.05, 3.63) is 42.2 Å². The fourth-order valence-corrected chi connectivity index (χ4v) is 2.14. The Kier molecular flexibility index (Phi) is 4.32. The van der Waals surface area contributed by atoms with Crippen LogP contribution in [0, 0.1) is 0 Å². The van der Waals surface area contributed by atoms with Gasteiger partial charge in [-0.05, 0) is 37.6 Å². The van der Waals surface area contributed by atoms with Gasteiger partial charge in [0, 0.05) is 17.8 Å². The summed E-state index contributed by atoms with van der Waals surface area (Å²) in [6.45, 7) is 4.24. The molecule has 1 aliphatic rings. The van der Waals surface area contributed by atoms with Gasteiger partial charge in [-0.25, -0.2) is 4.98 Å². The molecule has 1 aromatic heterocycles. The maximum atomic E-state index is 12.0. The molecule has 6 nitrogen and oxygen atoms in total. The summed E-state index contributed by atoms with van der Waals surface area (Å²) in [5.74, 6) is 1.30. The maximum Gasteiger partial charge on any atom is 0.270 e. The van der Waals surface area contributed by atoms with E-state index in [1.54, 1.807) is 12.3 Å². The average molecular weight is 313 g/mol. The molecule has 0 bridgehead atoms. The molecular weight excluding hydrogens is 294 g/mol. The van der Waals surface area contributed by atoms with E-state index in [9.17, 15) is 4.79 Å². The molecule has 2 aromatic rings. The molecular formula is C17H19N3O3. The number of nitrogens with zero attached hydrogens (tertiary/aromatic N) is 1. The van der Waals surface area contributed by atoms with E-state index in [0.717, 1.165) is 23.5 Å². The third kappa shape index (κ3) is 3.53. The Bertz CT molecular complexity index is 701. The summed E-state index contributed by atoms with van der Waals surface area (Å²) in [6.07, 6.45) is 2.52. The van der Waals surface area contributed by atoms with Crippen LogP contribution in [0.1, 0.15) is 30.8 Å². The standard InChI is InChI=1S/C17H19N3O3/c1-3-11(2)19-17(21)14-6-4-13(9-18-14)20-12-5-7-15-16(8-12)23-10-22-15/h4-9,11,20H,3,10H2,1-2H3,(H,19,21). The van der Waals surface area contributed by atoms with Crippen molar-refractivity contribution in [3.63, 3.8) is 0 Å². The lowest BCUT2D eigenvalue weighted by Gasteiger charge is -2.11. The Morgan fingerprint density at radius 2 is 2.00 bits per heavy atom. The van der Waals surface area contributed by atoms with E-state index < -0.39 is 0 Å². The van der Waals surface area contributed by atoms with Gasteiger partial charge < -0.3 is 20.1 Å². The molecule has 120 valence electrons. The molecule has 1 amide bonds. The van der Waals surface area contributed by atoms with Crippen LogP contribution in [0.3, 0.4) is 0 Å². The monoisotopic (exact) mass is 313 g/mol. The molecule has 0 saturated heterocycles. The molecule has 0 spiro atoms. The van der Waals surface area contributed by atoms with E-state index in [4.69, 9.17) is 9.47 Å². The quantitative estimate of drug-likeness (QED) is 0.887. The smallest absolute Gasteiger partial charge is 0.270 e. The topological polar surface area (TPSA) is 72.5 Å². The molecule has 2 N–H and O–H groups in total. The first kappa shape index (κ1) is 15.1. The molecule has 1 unspecified atom stereocenters. The average Bonchev–Trinajstić information content (AvgIpc) is 3.03. The minimum atomic E-state index is -0.158. The number of ether oxygens (including phenoxy) is 2. The fraction of sp³-hybridized carbons (Fsp3) is 0.294. The molecule has 0 saturated carbocycles. The Balaban J connectivity index is 1.66. The van der Waals surface area contributed by atoms with Crippen LogP contribution < -0.4 is 20.1 Å². The van der Waals surface area contributed by atoms with Crippen LogP contribution in [0.15, 0.2) is 36.5 Å². The lowest BCUT2D eigenvalue weighted by Crippen LogP contribution is -2.32. The second kappa shape index (κ2) is 6.56. The summed E-state index contributed by atoms with van der Waals surface area (Å²) in [5.41, 5.74) is 2.07. The highest BCUT2D eigenvalue weighted by atomic mass is 16.7. The number of rotatable bonds is 5. The zero-order chi connectivity index (χ0) is 16.2. The fourth-order valence-electron chi connectivity index (χ4n) is 2.14. The minimum absolute atomic E-state index is 0.135. The van der Waals surface area contributed by atoms with Gasteiger partial charge in [0.25, 0.3) is 5.91 Å². The maximum absolute atomic E-state index is 12.0. The van der Waals surface area contributed by atoms with E-state index >= 15 is 0 Å². The summed E-state index contributed by atoms with van der Waals surface area (Å²) in [4.78, 5) is 16.2. The second-order valence-electron chi connectivity index (χ2n) is 5.41. The summed E-state index contributed by atoms with van der Waals surface area (Å²) >= 11 is 0. The molecule has 1 aromatic carbocycles. The largest absolute Gasteiger partial charge is 0.454 e. The van der Waals surface area contributed by atoms with E-state index in [1.165, 1.54) is 0 Å². The van der Waals surface area contributed by atoms with Gasteiger partial charge in [0.15, 0.2) is 11.5 Å². The van der Waals surface area contributed by atoms with Crippen molar-refractivity contribution in [3.8, 4) is 11.5 Å². The number of amides is 1. The van der Waals surface area contributed by atoms with Crippen LogP contribution in [0.4, 0.5) is 11.4 Å². The highest BCUT2D eigenvalue weighted by Gasteiger charge is 2.13. The predicted molar refractivity (Wildman–Crippen MR) is 87.3 cm³/mol. The SMILES string of the molecule is CCC(C)NC(=O)c1ccc(Nc2ccc3c(c2)OCO3)cn1. The van der Waals surface area contributed by atoms with Crippen molar-refractivity contribution in [2.24, 2.45) is 0 Å². The summed E-state index contributed by atoms with van der Waals surface area (Å²) in [6, 6.07) is 9.28. The Labute approximate surface area is 134 Å². The summed E-state index contributed by atoms with van der Waals surface area (Å²) in [7, 11) is 0. The Morgan fingerprint density at radius 1 is 1.22 bits per heavy atom. The van der Waals surface area contributed by atoms with Crippen molar-refractivity contribution in [2.45, 2.75) is 26.3 Å². The number of hydrogen-bond donors (Lipinski definition) is 2. The summed E-state index contributed by atoms with van der Waals surface area (Å²) < 4.78 is 10.6. The van der Waals surface area contributed by atoms with Crippen molar-refractivity contribution < 1.29 is 14.3 Å². The lowest BCUT2D eigenvalue weighted by atomic mass is 10.2. The number of anilines is 2. The third-order valence-electron chi connectivity index (χ3n) is 3.65. The summed E-state index contributed by atoms with van der Waals surface area (Å²) in [5, 5.41) is 6.11. The van der Waals surface area contributed by atoms with Gasteiger partial charge in [-0.1, -0.05) is 6.92 Å². The first-order valence-corrected chi connectivity index (χ1v) is 7.59. The van der Waals surface area contributed by atoms with Gasteiger partial charge in [-0.15, -0.1) is 0 Å². The van der Waals surface area contributed by atoms with E-state index in [1.807, 2.05) is 38.1 Å². The predicted octanol–water partition coefficient (Wildman–Crippen LogP) is 3.08. The molecule has 1 aliphatic heterocycles. The third-order valence-corrected chi connectivity index (χ3v) is 3.65. The highest BCUT2D eigenvalue weighted by molar-refractivity contribution is 5.92. The Morgan fingerprint density at radius 3 is 2.74 bits per heavy atom. The Hall–Kier alpha value is -2.76. The van der Waals surface area contributed by atoms with Crippen LogP contribution in [0.5, 0.6) is 11.5 Å². The van der Waals surface area contributed by atoms with E-state index in [0.29, 0.717) is 11.4 Å². The minimum Gasteiger partial charge on any atom is -0.454 e. The molecule has 0 radical (unpaired) electrons. The lowest BCUT2D eigenvalue weighted by molar-refractivity contribution is 0.0934. The van der Waals surface area contributed by atoms with Gasteiger partial charge in [-0.3, -0.25) is 4.79 Å². The zero-order valence-electron chi connectivity index (χ0n) is 13.1. The van der Waals surface area contributed by atoms with E-state index in [2.05, 4.69) is 15.6 Å². The number of pyridine rings is 1. The van der Waals surface area contributed by atoms with Gasteiger partial charge in [-0.2, -0.15) is 0 Å². The van der Waals surface area contributed by atoms with Crippen molar-refractivity contribution in [2.75, 3.05) is 12.1 Å². The van der Waals surface area contributed by atoms with Crippen LogP contribution >= 0.6 is 0 Å². The number of benzene rings is 1. The normalized spacial score (nSPS) is 13.5. The van der Waals surface area contributed by atoms with Gasteiger partial charge in [0.05, 0.1) is 11.9 Å². The van der Waals surface area contributed by atoms with Crippen molar-refractivity contribution in [1.82, 2.24) is 10.3 Å². The van der Waals surface area contributed by atoms with Crippen LogP contribution in [0.25, 0.3) is 0 Å². The zero-order valence-corrected chi connectivity index (χ0v) is 13.1. The first-order chi connectivity index (χ1) is 11.2. The second-order valence-corrected chi connectivity index (χ2v) is 5.41. The van der Waals surface area contributed by atoms with Crippen LogP contribution in [0.2, 0.25) is 0 Å². The van der Waals surface area contributed by atoms with E-state index in [-0.39, 0.29) is 18.7 Å². The van der Waals surface area contributed by atoms with Gasteiger partial charge in [0.2, 0.25) is 6.79 Å².